The van der Waals surface area contributed by atoms with E-state index in [4.69, 9.17) is 0 Å². The van der Waals surface area contributed by atoms with Gasteiger partial charge in [0.2, 0.25) is 0 Å². The number of hydrogen-bond acceptors (Lipinski definition) is 3. The summed E-state index contributed by atoms with van der Waals surface area (Å²) in [6, 6.07) is 11.8. The number of benzene rings is 2. The normalized spacial score (nSPS) is 12.9. The highest BCUT2D eigenvalue weighted by atomic mass is 19.4. The first-order valence-electron chi connectivity index (χ1n) is 8.73. The Morgan fingerprint density at radius 2 is 1.78 bits per heavy atom. The number of alkyl halides is 3. The van der Waals surface area contributed by atoms with Gasteiger partial charge in [-0.25, -0.2) is 0 Å². The summed E-state index contributed by atoms with van der Waals surface area (Å²) in [6.45, 7) is 5.29. The van der Waals surface area contributed by atoms with Crippen LogP contribution in [0.4, 0.5) is 24.5 Å². The van der Waals surface area contributed by atoms with Crippen molar-refractivity contribution in [2.45, 2.75) is 33.0 Å². The van der Waals surface area contributed by atoms with E-state index in [1.165, 1.54) is 13.0 Å². The third kappa shape index (κ3) is 3.84. The molecule has 3 aromatic rings. The molecule has 2 N–H and O–H groups in total. The van der Waals surface area contributed by atoms with Gasteiger partial charge in [-0.3, -0.25) is 4.98 Å². The Hall–Kier alpha value is -2.76. The standard InChI is InChI=1S/C21H22F3N3/c1-12-10-19(17-9-8-15(25-4)11-20(17)26-12)27-14(3)16-6-5-7-18(13(16)2)21(22,23)24/h5-11,14,25H,1-4H3,(H,26,27). The first-order chi connectivity index (χ1) is 12.7. The van der Waals surface area contributed by atoms with Crippen molar-refractivity contribution in [2.75, 3.05) is 17.7 Å². The summed E-state index contributed by atoms with van der Waals surface area (Å²) in [4.78, 5) is 4.56. The zero-order valence-corrected chi connectivity index (χ0v) is 15.7. The van der Waals surface area contributed by atoms with Crippen LogP contribution < -0.4 is 10.6 Å². The average Bonchev–Trinajstić information content (AvgIpc) is 2.60. The van der Waals surface area contributed by atoms with Gasteiger partial charge in [0.05, 0.1) is 11.1 Å². The molecular weight excluding hydrogens is 351 g/mol. The van der Waals surface area contributed by atoms with Gasteiger partial charge in [0.1, 0.15) is 0 Å². The van der Waals surface area contributed by atoms with Gasteiger partial charge >= 0.3 is 6.18 Å². The molecule has 142 valence electrons. The third-order valence-corrected chi connectivity index (χ3v) is 4.75. The number of halogens is 3. The Morgan fingerprint density at radius 3 is 2.44 bits per heavy atom. The summed E-state index contributed by atoms with van der Waals surface area (Å²) in [5, 5.41) is 7.38. The first-order valence-corrected chi connectivity index (χ1v) is 8.73. The third-order valence-electron chi connectivity index (χ3n) is 4.75. The molecule has 0 saturated carbocycles. The number of aryl methyl sites for hydroxylation is 1. The monoisotopic (exact) mass is 373 g/mol. The molecule has 0 fully saturated rings. The summed E-state index contributed by atoms with van der Waals surface area (Å²) in [5.74, 6) is 0. The molecule has 0 radical (unpaired) electrons. The van der Waals surface area contributed by atoms with Crippen LogP contribution in [0.15, 0.2) is 42.5 Å². The Labute approximate surface area is 156 Å². The van der Waals surface area contributed by atoms with E-state index in [1.54, 1.807) is 6.07 Å². The highest BCUT2D eigenvalue weighted by Gasteiger charge is 2.33. The molecule has 0 aliphatic rings. The van der Waals surface area contributed by atoms with Gasteiger partial charge in [-0.15, -0.1) is 0 Å². The van der Waals surface area contributed by atoms with Gasteiger partial charge in [-0.2, -0.15) is 13.2 Å². The van der Waals surface area contributed by atoms with Crippen LogP contribution in [0, 0.1) is 13.8 Å². The lowest BCUT2D eigenvalue weighted by molar-refractivity contribution is -0.138. The predicted molar refractivity (Wildman–Crippen MR) is 104 cm³/mol. The lowest BCUT2D eigenvalue weighted by Crippen LogP contribution is -2.14. The van der Waals surface area contributed by atoms with Crippen molar-refractivity contribution in [1.29, 1.82) is 0 Å². The minimum atomic E-state index is -4.36. The molecule has 0 saturated heterocycles. The summed E-state index contributed by atoms with van der Waals surface area (Å²) in [5.41, 5.74) is 3.75. The van der Waals surface area contributed by atoms with Crippen molar-refractivity contribution in [3.05, 3.63) is 64.8 Å². The quantitative estimate of drug-likeness (QED) is 0.581. The van der Waals surface area contributed by atoms with Crippen LogP contribution in [0.2, 0.25) is 0 Å². The maximum atomic E-state index is 13.2. The van der Waals surface area contributed by atoms with E-state index in [-0.39, 0.29) is 11.6 Å². The van der Waals surface area contributed by atoms with Crippen molar-refractivity contribution in [3.8, 4) is 0 Å². The average molecular weight is 373 g/mol. The molecule has 0 spiro atoms. The molecule has 3 rings (SSSR count). The van der Waals surface area contributed by atoms with Crippen molar-refractivity contribution in [2.24, 2.45) is 0 Å². The second kappa shape index (κ2) is 7.10. The number of aromatic nitrogens is 1. The second-order valence-corrected chi connectivity index (χ2v) is 6.68. The van der Waals surface area contributed by atoms with Crippen LogP contribution >= 0.6 is 0 Å². The molecule has 0 aliphatic carbocycles. The van der Waals surface area contributed by atoms with Crippen molar-refractivity contribution in [3.63, 3.8) is 0 Å². The van der Waals surface area contributed by atoms with E-state index in [1.807, 2.05) is 45.2 Å². The minimum absolute atomic E-state index is 0.248. The maximum absolute atomic E-state index is 13.2. The molecule has 0 aliphatic heterocycles. The van der Waals surface area contributed by atoms with E-state index in [2.05, 4.69) is 15.6 Å². The Kier molecular flexibility index (Phi) is 5.00. The summed E-state index contributed by atoms with van der Waals surface area (Å²) in [7, 11) is 1.84. The fourth-order valence-corrected chi connectivity index (χ4v) is 3.38. The van der Waals surface area contributed by atoms with Gasteiger partial charge in [0.25, 0.3) is 0 Å². The number of nitrogens with one attached hydrogen (secondary N) is 2. The van der Waals surface area contributed by atoms with E-state index in [0.717, 1.165) is 34.0 Å². The van der Waals surface area contributed by atoms with Crippen molar-refractivity contribution < 1.29 is 13.2 Å². The Morgan fingerprint density at radius 1 is 1.04 bits per heavy atom. The summed E-state index contributed by atoms with van der Waals surface area (Å²) >= 11 is 0. The topological polar surface area (TPSA) is 37.0 Å². The van der Waals surface area contributed by atoms with Gasteiger partial charge < -0.3 is 10.6 Å². The molecule has 3 nitrogen and oxygen atoms in total. The number of anilines is 2. The molecule has 1 aromatic heterocycles. The van der Waals surface area contributed by atoms with Crippen LogP contribution in [-0.2, 0) is 6.18 Å². The Balaban J connectivity index is 2.01. The van der Waals surface area contributed by atoms with E-state index in [0.29, 0.717) is 5.56 Å². The molecule has 6 heteroatoms. The zero-order chi connectivity index (χ0) is 19.8. The van der Waals surface area contributed by atoms with Crippen LogP contribution in [0.3, 0.4) is 0 Å². The van der Waals surface area contributed by atoms with Crippen LogP contribution in [0.25, 0.3) is 10.9 Å². The molecule has 1 unspecified atom stereocenters. The number of pyridine rings is 1. The van der Waals surface area contributed by atoms with Gasteiger partial charge in [0.15, 0.2) is 0 Å². The first kappa shape index (κ1) is 19.0. The van der Waals surface area contributed by atoms with E-state index in [9.17, 15) is 13.2 Å². The molecule has 27 heavy (non-hydrogen) atoms. The summed E-state index contributed by atoms with van der Waals surface area (Å²) < 4.78 is 39.7. The fourth-order valence-electron chi connectivity index (χ4n) is 3.38. The lowest BCUT2D eigenvalue weighted by Gasteiger charge is -2.22. The van der Waals surface area contributed by atoms with Crippen LogP contribution in [0.1, 0.15) is 35.3 Å². The minimum Gasteiger partial charge on any atom is -0.388 e. The lowest BCUT2D eigenvalue weighted by atomic mass is 9.97. The van der Waals surface area contributed by atoms with E-state index < -0.39 is 11.7 Å². The zero-order valence-electron chi connectivity index (χ0n) is 15.7. The number of hydrogen-bond donors (Lipinski definition) is 2. The highest BCUT2D eigenvalue weighted by molar-refractivity contribution is 5.93. The molecule has 1 heterocycles. The van der Waals surface area contributed by atoms with Crippen molar-refractivity contribution >= 4 is 22.3 Å². The number of nitrogens with zero attached hydrogens (tertiary/aromatic N) is 1. The smallest absolute Gasteiger partial charge is 0.388 e. The molecular formula is C21H22F3N3. The SMILES string of the molecule is CNc1ccc2c(NC(C)c3cccc(C(F)(F)F)c3C)cc(C)nc2c1. The fraction of sp³-hybridized carbons (Fsp3) is 0.286. The predicted octanol–water partition coefficient (Wildman–Crippen LogP) is 6.09. The number of fused-ring (bicyclic) bond motifs is 1. The largest absolute Gasteiger partial charge is 0.416 e. The van der Waals surface area contributed by atoms with Gasteiger partial charge in [-0.1, -0.05) is 12.1 Å². The van der Waals surface area contributed by atoms with Crippen LogP contribution in [0.5, 0.6) is 0 Å². The van der Waals surface area contributed by atoms with Crippen LogP contribution in [-0.4, -0.2) is 12.0 Å². The van der Waals surface area contributed by atoms with E-state index >= 15 is 0 Å². The van der Waals surface area contributed by atoms with Gasteiger partial charge in [-0.05, 0) is 62.2 Å². The molecule has 0 amide bonds. The van der Waals surface area contributed by atoms with Gasteiger partial charge in [0, 0.05) is 35.5 Å². The molecule has 0 bridgehead atoms. The number of rotatable bonds is 4. The van der Waals surface area contributed by atoms with Crippen molar-refractivity contribution in [1.82, 2.24) is 4.98 Å². The Bertz CT molecular complexity index is 980. The summed E-state index contributed by atoms with van der Waals surface area (Å²) in [6.07, 6.45) is -4.36. The highest BCUT2D eigenvalue weighted by Crippen LogP contribution is 2.36. The maximum Gasteiger partial charge on any atom is 0.416 e. The molecule has 1 atom stereocenters. The second-order valence-electron chi connectivity index (χ2n) is 6.68. The molecule has 2 aromatic carbocycles.